The average molecular weight is 601 g/mol. The Kier molecular flexibility index (Phi) is 8.54. The quantitative estimate of drug-likeness (QED) is 0.123. The lowest BCUT2D eigenvalue weighted by atomic mass is 10.1. The van der Waals surface area contributed by atoms with Gasteiger partial charge in [-0.3, -0.25) is 25.9 Å². The minimum Gasteiger partial charge on any atom is -0.484 e. The van der Waals surface area contributed by atoms with Crippen LogP contribution in [0.15, 0.2) is 131 Å². The first-order valence-corrected chi connectivity index (χ1v) is 14.1. The Morgan fingerprint density at radius 3 is 1.76 bits per heavy atom. The van der Waals surface area contributed by atoms with Gasteiger partial charge in [-0.2, -0.15) is 0 Å². The maximum absolute atomic E-state index is 12.9. The molecule has 0 spiro atoms. The maximum Gasteiger partial charge on any atom is 0.345 e. The Bertz CT molecular complexity index is 2110. The summed E-state index contributed by atoms with van der Waals surface area (Å²) >= 11 is 0. The van der Waals surface area contributed by atoms with Gasteiger partial charge in [0, 0.05) is 11.6 Å². The van der Waals surface area contributed by atoms with Gasteiger partial charge in [0.15, 0.2) is 13.2 Å². The first kappa shape index (κ1) is 28.8. The van der Waals surface area contributed by atoms with Crippen molar-refractivity contribution in [3.8, 4) is 11.5 Å². The first-order valence-electron chi connectivity index (χ1n) is 14.1. The largest absolute Gasteiger partial charge is 0.484 e. The van der Waals surface area contributed by atoms with Crippen LogP contribution in [0.4, 0.5) is 0 Å². The first-order chi connectivity index (χ1) is 22.0. The van der Waals surface area contributed by atoms with E-state index in [0.29, 0.717) is 22.5 Å². The number of carbonyl (C=O) groups is 2. The molecule has 0 fully saturated rings. The Labute approximate surface area is 257 Å². The van der Waals surface area contributed by atoms with Gasteiger partial charge in [-0.05, 0) is 57.9 Å². The molecular formula is C35H28N4O6. The number of nitrogens with one attached hydrogen (secondary N) is 4. The van der Waals surface area contributed by atoms with Gasteiger partial charge in [0.1, 0.15) is 17.1 Å². The molecule has 0 saturated heterocycles. The summed E-state index contributed by atoms with van der Waals surface area (Å²) in [4.78, 5) is 38.0. The van der Waals surface area contributed by atoms with E-state index in [4.69, 9.17) is 13.9 Å². The van der Waals surface area contributed by atoms with Crippen LogP contribution in [-0.4, -0.2) is 25.0 Å². The van der Waals surface area contributed by atoms with E-state index < -0.39 is 17.4 Å². The summed E-state index contributed by atoms with van der Waals surface area (Å²) < 4.78 is 16.7. The van der Waals surface area contributed by atoms with Gasteiger partial charge in [0.25, 0.3) is 11.8 Å². The molecule has 5 aromatic carbocycles. The van der Waals surface area contributed by atoms with Crippen molar-refractivity contribution in [1.29, 1.82) is 0 Å². The molecule has 6 aromatic rings. The van der Waals surface area contributed by atoms with Gasteiger partial charge in [0.05, 0.1) is 11.3 Å². The molecule has 6 rings (SSSR count). The molecule has 2 amide bonds. The third-order valence-electron chi connectivity index (χ3n) is 6.88. The second kappa shape index (κ2) is 13.3. The van der Waals surface area contributed by atoms with Gasteiger partial charge in [-0.25, -0.2) is 4.79 Å². The molecule has 0 aliphatic heterocycles. The molecular weight excluding hydrogens is 572 g/mol. The number of hydrogen-bond donors (Lipinski definition) is 4. The fourth-order valence-electron chi connectivity index (χ4n) is 4.64. The van der Waals surface area contributed by atoms with Crippen LogP contribution >= 0.6 is 0 Å². The molecule has 0 atom stereocenters. The Hall–Kier alpha value is -6.29. The lowest BCUT2D eigenvalue weighted by molar-refractivity contribution is -0.124. The molecule has 45 heavy (non-hydrogen) atoms. The topological polar surface area (TPSA) is 131 Å². The van der Waals surface area contributed by atoms with Gasteiger partial charge >= 0.3 is 5.63 Å². The summed E-state index contributed by atoms with van der Waals surface area (Å²) in [6.45, 7) is -0.551. The molecule has 0 radical (unpaired) electrons. The Morgan fingerprint density at radius 2 is 1.13 bits per heavy atom. The minimum atomic E-state index is -0.651. The summed E-state index contributed by atoms with van der Waals surface area (Å²) in [6.07, 6.45) is 1.32. The molecule has 0 bridgehead atoms. The maximum atomic E-state index is 12.9. The van der Waals surface area contributed by atoms with Crippen LogP contribution in [0.2, 0.25) is 0 Å². The zero-order valence-corrected chi connectivity index (χ0v) is 23.9. The minimum absolute atomic E-state index is 0.110. The van der Waals surface area contributed by atoms with Crippen molar-refractivity contribution in [2.45, 2.75) is 0 Å². The monoisotopic (exact) mass is 600 g/mol. The molecule has 10 nitrogen and oxygen atoms in total. The highest BCUT2D eigenvalue weighted by Gasteiger charge is 2.13. The number of ether oxygens (including phenoxy) is 2. The van der Waals surface area contributed by atoms with Gasteiger partial charge in [-0.15, -0.1) is 0 Å². The van der Waals surface area contributed by atoms with E-state index >= 15 is 0 Å². The van der Waals surface area contributed by atoms with Crippen LogP contribution in [-0.2, 0) is 9.59 Å². The van der Waals surface area contributed by atoms with Crippen molar-refractivity contribution >= 4 is 50.0 Å². The third kappa shape index (κ3) is 7.20. The van der Waals surface area contributed by atoms with Crippen LogP contribution in [0.5, 0.6) is 11.5 Å². The van der Waals surface area contributed by atoms with Crippen molar-refractivity contribution in [2.75, 3.05) is 13.2 Å². The zero-order valence-electron chi connectivity index (χ0n) is 23.9. The van der Waals surface area contributed by atoms with Crippen molar-refractivity contribution in [2.24, 2.45) is 0 Å². The summed E-state index contributed by atoms with van der Waals surface area (Å²) in [7, 11) is 0. The highest BCUT2D eigenvalue weighted by Crippen LogP contribution is 2.22. The smallest absolute Gasteiger partial charge is 0.345 e. The lowest BCUT2D eigenvalue weighted by Crippen LogP contribution is -2.42. The molecule has 10 heteroatoms. The standard InChI is InChI=1S/C35H28N4O6/c40-33(21-43-28-15-13-23-7-1-3-9-25(23)17-28)38-36-20-31(30-19-27-11-5-6-12-32(27)45-35(30)42)37-39-34(41)22-44-29-16-14-24-8-2-4-10-26(24)18-29/h1-20,36-37H,21-22H2,(H,38,40)(H,39,41)/b31-20-. The lowest BCUT2D eigenvalue weighted by Gasteiger charge is -2.14. The molecule has 1 aromatic heterocycles. The molecule has 1 heterocycles. The SMILES string of the molecule is O=C(COc1ccc2ccccc2c1)NN/C=C(\NNC(=O)COc1ccc2ccccc2c1)c1cc2ccccc2oc1=O. The number of amides is 2. The molecule has 0 unspecified atom stereocenters. The molecule has 0 saturated carbocycles. The van der Waals surface area contributed by atoms with Crippen LogP contribution in [0.25, 0.3) is 38.2 Å². The fraction of sp³-hybridized carbons (Fsp3) is 0.0571. The number of rotatable bonds is 11. The number of fused-ring (bicyclic) bond motifs is 3. The second-order valence-electron chi connectivity index (χ2n) is 10.0. The predicted molar refractivity (Wildman–Crippen MR) is 172 cm³/mol. The summed E-state index contributed by atoms with van der Waals surface area (Å²) in [5.74, 6) is 0.0957. The van der Waals surface area contributed by atoms with Crippen molar-refractivity contribution in [3.05, 3.63) is 137 Å². The summed E-state index contributed by atoms with van der Waals surface area (Å²) in [6, 6.07) is 35.4. The van der Waals surface area contributed by atoms with Gasteiger partial charge in [-0.1, -0.05) is 78.9 Å². The van der Waals surface area contributed by atoms with Crippen molar-refractivity contribution in [1.82, 2.24) is 21.7 Å². The van der Waals surface area contributed by atoms with E-state index in [2.05, 4.69) is 21.7 Å². The number of benzene rings is 5. The second-order valence-corrected chi connectivity index (χ2v) is 10.0. The molecule has 0 aliphatic carbocycles. The number of hydrazine groups is 2. The van der Waals surface area contributed by atoms with Crippen LogP contribution in [0.3, 0.4) is 0 Å². The highest BCUT2D eigenvalue weighted by atomic mass is 16.5. The molecule has 224 valence electrons. The zero-order chi connectivity index (χ0) is 31.0. The van der Waals surface area contributed by atoms with E-state index in [1.54, 1.807) is 36.4 Å². The van der Waals surface area contributed by atoms with E-state index in [9.17, 15) is 14.4 Å². The Morgan fingerprint density at radius 1 is 0.600 bits per heavy atom. The van der Waals surface area contributed by atoms with Crippen LogP contribution in [0, 0.1) is 0 Å². The van der Waals surface area contributed by atoms with E-state index in [0.717, 1.165) is 21.5 Å². The van der Waals surface area contributed by atoms with Crippen LogP contribution < -0.4 is 36.8 Å². The third-order valence-corrected chi connectivity index (χ3v) is 6.88. The van der Waals surface area contributed by atoms with Gasteiger partial charge < -0.3 is 19.3 Å². The van der Waals surface area contributed by atoms with Crippen molar-refractivity contribution < 1.29 is 23.5 Å². The number of carbonyl (C=O) groups excluding carboxylic acids is 2. The number of hydrogen-bond acceptors (Lipinski definition) is 8. The predicted octanol–water partition coefficient (Wildman–Crippen LogP) is 4.80. The fourth-order valence-corrected chi connectivity index (χ4v) is 4.64. The summed E-state index contributed by atoms with van der Waals surface area (Å²) in [5, 5.41) is 4.76. The van der Waals surface area contributed by atoms with E-state index in [-0.39, 0.29) is 24.5 Å². The Balaban J connectivity index is 1.10. The normalized spacial score (nSPS) is 11.2. The average Bonchev–Trinajstić information content (AvgIpc) is 3.07. The van der Waals surface area contributed by atoms with Gasteiger partial charge in [0.2, 0.25) is 0 Å². The molecule has 4 N–H and O–H groups in total. The highest BCUT2D eigenvalue weighted by molar-refractivity contribution is 5.85. The van der Waals surface area contributed by atoms with E-state index in [1.165, 1.54) is 6.20 Å². The summed E-state index contributed by atoms with van der Waals surface area (Å²) in [5.41, 5.74) is 10.4. The van der Waals surface area contributed by atoms with Crippen molar-refractivity contribution in [3.63, 3.8) is 0 Å². The van der Waals surface area contributed by atoms with E-state index in [1.807, 2.05) is 78.9 Å². The number of para-hydroxylation sites is 1. The molecule has 0 aliphatic rings. The van der Waals surface area contributed by atoms with Crippen LogP contribution in [0.1, 0.15) is 5.56 Å².